The number of halogens is 1. The van der Waals surface area contributed by atoms with Crippen LogP contribution in [0.25, 0.3) is 0 Å². The molecule has 0 radical (unpaired) electrons. The van der Waals surface area contributed by atoms with Crippen molar-refractivity contribution in [1.82, 2.24) is 5.32 Å². The molecule has 1 aromatic carbocycles. The lowest BCUT2D eigenvalue weighted by Crippen LogP contribution is -2.22. The van der Waals surface area contributed by atoms with Crippen LogP contribution >= 0.6 is 11.6 Å². The van der Waals surface area contributed by atoms with Crippen LogP contribution in [-0.4, -0.2) is 12.5 Å². The van der Waals surface area contributed by atoms with E-state index in [2.05, 4.69) is 5.32 Å². The van der Waals surface area contributed by atoms with Crippen LogP contribution in [0.1, 0.15) is 31.2 Å². The topological polar surface area (TPSA) is 55.1 Å². The van der Waals surface area contributed by atoms with Gasteiger partial charge in [-0.15, -0.1) is 0 Å². The van der Waals surface area contributed by atoms with Crippen LogP contribution in [0.2, 0.25) is 5.02 Å². The average molecular weight is 255 g/mol. The lowest BCUT2D eigenvalue weighted by molar-refractivity contribution is -0.121. The Morgan fingerprint density at radius 1 is 1.29 bits per heavy atom. The molecule has 0 aliphatic rings. The maximum absolute atomic E-state index is 11.5. The van der Waals surface area contributed by atoms with Gasteiger partial charge >= 0.3 is 0 Å². The van der Waals surface area contributed by atoms with E-state index < -0.39 is 0 Å². The van der Waals surface area contributed by atoms with Gasteiger partial charge in [0, 0.05) is 18.0 Å². The monoisotopic (exact) mass is 254 g/mol. The van der Waals surface area contributed by atoms with Gasteiger partial charge in [-0.3, -0.25) is 4.79 Å². The molecule has 3 nitrogen and oxygen atoms in total. The van der Waals surface area contributed by atoms with Gasteiger partial charge in [0.1, 0.15) is 0 Å². The highest BCUT2D eigenvalue weighted by atomic mass is 35.5. The molecule has 0 aliphatic heterocycles. The first-order chi connectivity index (χ1) is 8.22. The van der Waals surface area contributed by atoms with E-state index in [1.54, 1.807) is 0 Å². The highest BCUT2D eigenvalue weighted by Gasteiger charge is 2.01. The maximum Gasteiger partial charge on any atom is 0.220 e. The number of unbranched alkanes of at least 4 members (excludes halogenated alkanes) is 2. The molecule has 1 amide bonds. The number of nitrogens with two attached hydrogens (primary N) is 1. The van der Waals surface area contributed by atoms with Gasteiger partial charge in [-0.25, -0.2) is 0 Å². The predicted octanol–water partition coefficient (Wildman–Crippen LogP) is 2.48. The number of benzene rings is 1. The Bertz CT molecular complexity index is 355. The molecule has 17 heavy (non-hydrogen) atoms. The summed E-state index contributed by atoms with van der Waals surface area (Å²) >= 11 is 5.85. The zero-order valence-electron chi connectivity index (χ0n) is 9.92. The minimum Gasteiger partial charge on any atom is -0.352 e. The van der Waals surface area contributed by atoms with Gasteiger partial charge < -0.3 is 11.1 Å². The molecule has 0 saturated heterocycles. The normalized spacial score (nSPS) is 10.2. The Hall–Kier alpha value is -1.06. The molecule has 0 fully saturated rings. The van der Waals surface area contributed by atoms with Gasteiger partial charge in [0.2, 0.25) is 5.91 Å². The second kappa shape index (κ2) is 8.09. The van der Waals surface area contributed by atoms with Crippen molar-refractivity contribution in [2.24, 2.45) is 5.73 Å². The third-order valence-corrected chi connectivity index (χ3v) is 2.72. The third-order valence-electron chi connectivity index (χ3n) is 2.49. The van der Waals surface area contributed by atoms with Crippen molar-refractivity contribution in [2.75, 3.05) is 6.54 Å². The summed E-state index contributed by atoms with van der Waals surface area (Å²) in [6.07, 6.45) is 3.47. The molecular weight excluding hydrogens is 236 g/mol. The molecule has 4 heteroatoms. The summed E-state index contributed by atoms with van der Waals surface area (Å²) < 4.78 is 0. The first kappa shape index (κ1) is 14.0. The smallest absolute Gasteiger partial charge is 0.220 e. The summed E-state index contributed by atoms with van der Waals surface area (Å²) in [5, 5.41) is 3.57. The van der Waals surface area contributed by atoms with E-state index >= 15 is 0 Å². The minimum atomic E-state index is 0.0852. The number of hydrogen-bond acceptors (Lipinski definition) is 2. The summed E-state index contributed by atoms with van der Waals surface area (Å²) in [6, 6.07) is 7.50. The van der Waals surface area contributed by atoms with Gasteiger partial charge in [0.15, 0.2) is 0 Å². The molecule has 0 saturated carbocycles. The van der Waals surface area contributed by atoms with Crippen LogP contribution in [0.5, 0.6) is 0 Å². The van der Waals surface area contributed by atoms with Crippen LogP contribution in [-0.2, 0) is 11.3 Å². The van der Waals surface area contributed by atoms with Crippen molar-refractivity contribution >= 4 is 17.5 Å². The number of amides is 1. The molecule has 0 unspecified atom stereocenters. The number of rotatable bonds is 7. The van der Waals surface area contributed by atoms with Gasteiger partial charge in [0.05, 0.1) is 0 Å². The van der Waals surface area contributed by atoms with Crippen molar-refractivity contribution in [1.29, 1.82) is 0 Å². The fourth-order valence-corrected chi connectivity index (χ4v) is 1.76. The zero-order chi connectivity index (χ0) is 12.5. The fourth-order valence-electron chi connectivity index (χ4n) is 1.54. The Morgan fingerprint density at radius 3 is 2.82 bits per heavy atom. The molecular formula is C13H19ClN2O. The first-order valence-electron chi connectivity index (χ1n) is 5.93. The second-order valence-electron chi connectivity index (χ2n) is 4.01. The Kier molecular flexibility index (Phi) is 6.67. The molecule has 0 atom stereocenters. The Labute approximate surface area is 107 Å². The zero-order valence-corrected chi connectivity index (χ0v) is 10.7. The summed E-state index contributed by atoms with van der Waals surface area (Å²) in [6.45, 7) is 1.24. The molecule has 0 aliphatic carbocycles. The van der Waals surface area contributed by atoms with E-state index in [0.29, 0.717) is 24.5 Å². The quantitative estimate of drug-likeness (QED) is 0.735. The van der Waals surface area contributed by atoms with Crippen molar-refractivity contribution in [3.63, 3.8) is 0 Å². The molecule has 0 spiro atoms. The van der Waals surface area contributed by atoms with Crippen molar-refractivity contribution in [2.45, 2.75) is 32.2 Å². The minimum absolute atomic E-state index is 0.0852. The lowest BCUT2D eigenvalue weighted by Gasteiger charge is -2.05. The van der Waals surface area contributed by atoms with Crippen LogP contribution in [0, 0.1) is 0 Å². The fraction of sp³-hybridized carbons (Fsp3) is 0.462. The molecule has 0 aromatic heterocycles. The Balaban J connectivity index is 2.19. The number of hydrogen-bond donors (Lipinski definition) is 2. The van der Waals surface area contributed by atoms with Gasteiger partial charge in [-0.1, -0.05) is 30.2 Å². The van der Waals surface area contributed by atoms with Crippen LogP contribution < -0.4 is 11.1 Å². The van der Waals surface area contributed by atoms with Crippen LogP contribution in [0.3, 0.4) is 0 Å². The molecule has 1 aromatic rings. The van der Waals surface area contributed by atoms with Crippen molar-refractivity contribution in [3.8, 4) is 0 Å². The SMILES string of the molecule is NCCCCCC(=O)NCc1cccc(Cl)c1. The van der Waals surface area contributed by atoms with Crippen molar-refractivity contribution in [3.05, 3.63) is 34.9 Å². The molecule has 0 heterocycles. The third kappa shape index (κ3) is 6.29. The highest BCUT2D eigenvalue weighted by Crippen LogP contribution is 2.10. The summed E-state index contributed by atoms with van der Waals surface area (Å²) in [5.74, 6) is 0.0852. The van der Waals surface area contributed by atoms with Crippen molar-refractivity contribution < 1.29 is 4.79 Å². The summed E-state index contributed by atoms with van der Waals surface area (Å²) in [5.41, 5.74) is 6.40. The van der Waals surface area contributed by atoms with E-state index in [-0.39, 0.29) is 5.91 Å². The number of carbonyl (C=O) groups excluding carboxylic acids is 1. The Morgan fingerprint density at radius 2 is 2.12 bits per heavy atom. The number of nitrogens with one attached hydrogen (secondary N) is 1. The molecule has 0 bridgehead atoms. The molecule has 94 valence electrons. The lowest BCUT2D eigenvalue weighted by atomic mass is 10.2. The maximum atomic E-state index is 11.5. The van der Waals surface area contributed by atoms with Crippen LogP contribution in [0.4, 0.5) is 0 Å². The predicted molar refractivity (Wildman–Crippen MR) is 70.8 cm³/mol. The van der Waals surface area contributed by atoms with Gasteiger partial charge in [-0.05, 0) is 37.1 Å². The highest BCUT2D eigenvalue weighted by molar-refractivity contribution is 6.30. The van der Waals surface area contributed by atoms with Gasteiger partial charge in [-0.2, -0.15) is 0 Å². The van der Waals surface area contributed by atoms with E-state index in [4.69, 9.17) is 17.3 Å². The molecule has 3 N–H and O–H groups in total. The number of carbonyl (C=O) groups is 1. The standard InChI is InChI=1S/C13H19ClN2O/c14-12-6-4-5-11(9-12)10-16-13(17)7-2-1-3-8-15/h4-6,9H,1-3,7-8,10,15H2,(H,16,17). The van der Waals surface area contributed by atoms with Gasteiger partial charge in [0.25, 0.3) is 0 Å². The van der Waals surface area contributed by atoms with E-state index in [0.717, 1.165) is 24.8 Å². The molecule has 1 rings (SSSR count). The van der Waals surface area contributed by atoms with Crippen LogP contribution in [0.15, 0.2) is 24.3 Å². The van der Waals surface area contributed by atoms with E-state index in [1.807, 2.05) is 24.3 Å². The van der Waals surface area contributed by atoms with E-state index in [1.165, 1.54) is 0 Å². The van der Waals surface area contributed by atoms with E-state index in [9.17, 15) is 4.79 Å². The first-order valence-corrected chi connectivity index (χ1v) is 6.31. The largest absolute Gasteiger partial charge is 0.352 e. The summed E-state index contributed by atoms with van der Waals surface area (Å²) in [4.78, 5) is 11.5. The average Bonchev–Trinajstić information content (AvgIpc) is 2.32. The second-order valence-corrected chi connectivity index (χ2v) is 4.44. The summed E-state index contributed by atoms with van der Waals surface area (Å²) in [7, 11) is 0.